The number of hydrogen-bond donors (Lipinski definition) is 1. The van der Waals surface area contributed by atoms with Crippen LogP contribution in [0.3, 0.4) is 0 Å². The number of aryl methyl sites for hydroxylation is 1. The van der Waals surface area contributed by atoms with Gasteiger partial charge in [0, 0.05) is 23.7 Å². The predicted molar refractivity (Wildman–Crippen MR) is 69.7 cm³/mol. The molecule has 0 aliphatic rings. The topological polar surface area (TPSA) is 92.8 Å². The fraction of sp³-hybridized carbons (Fsp3) is 0.250. The number of aromatic nitrogens is 3. The summed E-state index contributed by atoms with van der Waals surface area (Å²) in [5.41, 5.74) is 2.32. The van der Waals surface area contributed by atoms with Crippen molar-refractivity contribution in [1.82, 2.24) is 15.0 Å². The Kier molecular flexibility index (Phi) is 3.23. The van der Waals surface area contributed by atoms with Gasteiger partial charge < -0.3 is 4.98 Å². The quantitative estimate of drug-likeness (QED) is 0.677. The second-order valence-electron chi connectivity index (χ2n) is 4.27. The SMILES string of the molecule is CC(=O)c1cc(-c2ccnc(S(C)(=O)=O)n2)[nH]c1C. The van der Waals surface area contributed by atoms with Crippen LogP contribution in [0.5, 0.6) is 0 Å². The minimum atomic E-state index is -3.46. The van der Waals surface area contributed by atoms with E-state index in [1.54, 1.807) is 19.1 Å². The van der Waals surface area contributed by atoms with Gasteiger partial charge in [0.15, 0.2) is 5.78 Å². The zero-order chi connectivity index (χ0) is 14.2. The molecule has 0 bridgehead atoms. The Morgan fingerprint density at radius 1 is 1.37 bits per heavy atom. The molecular formula is C12H13N3O3S. The number of hydrogen-bond acceptors (Lipinski definition) is 5. The van der Waals surface area contributed by atoms with Gasteiger partial charge in [-0.1, -0.05) is 0 Å². The number of carbonyl (C=O) groups is 1. The molecule has 0 unspecified atom stereocenters. The Balaban J connectivity index is 2.54. The van der Waals surface area contributed by atoms with Gasteiger partial charge in [0.05, 0.1) is 11.4 Å². The van der Waals surface area contributed by atoms with Crippen molar-refractivity contribution in [3.8, 4) is 11.4 Å². The van der Waals surface area contributed by atoms with Gasteiger partial charge >= 0.3 is 0 Å². The van der Waals surface area contributed by atoms with Crippen LogP contribution in [-0.2, 0) is 9.84 Å². The predicted octanol–water partition coefficient (Wildman–Crippen LogP) is 1.39. The maximum atomic E-state index is 11.4. The molecule has 0 amide bonds. The summed E-state index contributed by atoms with van der Waals surface area (Å²) in [6.07, 6.45) is 2.43. The van der Waals surface area contributed by atoms with Crippen molar-refractivity contribution < 1.29 is 13.2 Å². The summed E-state index contributed by atoms with van der Waals surface area (Å²) in [6.45, 7) is 3.25. The molecular weight excluding hydrogens is 266 g/mol. The molecule has 6 nitrogen and oxygen atoms in total. The van der Waals surface area contributed by atoms with Gasteiger partial charge in [-0.05, 0) is 26.0 Å². The summed E-state index contributed by atoms with van der Waals surface area (Å²) >= 11 is 0. The molecule has 100 valence electrons. The van der Waals surface area contributed by atoms with E-state index in [0.717, 1.165) is 11.9 Å². The van der Waals surface area contributed by atoms with Crippen LogP contribution in [-0.4, -0.2) is 35.4 Å². The summed E-state index contributed by atoms with van der Waals surface area (Å²) in [5, 5.41) is -0.235. The van der Waals surface area contributed by atoms with Crippen molar-refractivity contribution in [3.63, 3.8) is 0 Å². The molecule has 0 saturated heterocycles. The van der Waals surface area contributed by atoms with Crippen molar-refractivity contribution in [2.45, 2.75) is 19.0 Å². The van der Waals surface area contributed by atoms with Crippen molar-refractivity contribution in [3.05, 3.63) is 29.6 Å². The highest BCUT2D eigenvalue weighted by Gasteiger charge is 2.15. The lowest BCUT2D eigenvalue weighted by molar-refractivity contribution is 0.101. The van der Waals surface area contributed by atoms with Crippen LogP contribution in [0.25, 0.3) is 11.4 Å². The lowest BCUT2D eigenvalue weighted by atomic mass is 10.2. The monoisotopic (exact) mass is 279 g/mol. The van der Waals surface area contributed by atoms with Crippen molar-refractivity contribution in [2.75, 3.05) is 6.26 Å². The molecule has 19 heavy (non-hydrogen) atoms. The molecule has 2 aromatic rings. The van der Waals surface area contributed by atoms with Crippen LogP contribution in [0, 0.1) is 6.92 Å². The molecule has 0 fully saturated rings. The molecule has 7 heteroatoms. The van der Waals surface area contributed by atoms with Gasteiger partial charge in [0.1, 0.15) is 0 Å². The smallest absolute Gasteiger partial charge is 0.247 e. The number of nitrogens with one attached hydrogen (secondary N) is 1. The van der Waals surface area contributed by atoms with Crippen LogP contribution >= 0.6 is 0 Å². The molecule has 0 aliphatic carbocycles. The molecule has 0 atom stereocenters. The third-order valence-electron chi connectivity index (χ3n) is 2.64. The van der Waals surface area contributed by atoms with Gasteiger partial charge in [-0.3, -0.25) is 4.79 Å². The van der Waals surface area contributed by atoms with Gasteiger partial charge in [-0.15, -0.1) is 0 Å². The molecule has 1 N–H and O–H groups in total. The summed E-state index contributed by atoms with van der Waals surface area (Å²) in [6, 6.07) is 3.25. The summed E-state index contributed by atoms with van der Waals surface area (Å²) in [7, 11) is -3.46. The van der Waals surface area contributed by atoms with Crippen LogP contribution in [0.2, 0.25) is 0 Å². The van der Waals surface area contributed by atoms with E-state index in [2.05, 4.69) is 15.0 Å². The molecule has 0 aliphatic heterocycles. The first-order valence-corrected chi connectivity index (χ1v) is 7.42. The van der Waals surface area contributed by atoms with Crippen LogP contribution in [0.15, 0.2) is 23.5 Å². The Labute approximate surface area is 110 Å². The van der Waals surface area contributed by atoms with E-state index in [1.807, 2.05) is 0 Å². The Bertz CT molecular complexity index is 747. The van der Waals surface area contributed by atoms with Crippen LogP contribution in [0.1, 0.15) is 23.0 Å². The minimum absolute atomic E-state index is 0.0580. The van der Waals surface area contributed by atoms with Gasteiger partial charge in [0.25, 0.3) is 0 Å². The van der Waals surface area contributed by atoms with Gasteiger partial charge in [-0.25, -0.2) is 18.4 Å². The average Bonchev–Trinajstić information content (AvgIpc) is 2.70. The van der Waals surface area contributed by atoms with Crippen LogP contribution < -0.4 is 0 Å². The molecule has 0 radical (unpaired) electrons. The Hall–Kier alpha value is -2.02. The highest BCUT2D eigenvalue weighted by atomic mass is 32.2. The Morgan fingerprint density at radius 2 is 2.05 bits per heavy atom. The fourth-order valence-corrected chi connectivity index (χ4v) is 2.25. The van der Waals surface area contributed by atoms with E-state index in [0.29, 0.717) is 17.0 Å². The third-order valence-corrected chi connectivity index (χ3v) is 3.50. The number of carbonyl (C=O) groups excluding carboxylic acids is 1. The van der Waals surface area contributed by atoms with Crippen molar-refractivity contribution in [2.24, 2.45) is 0 Å². The van der Waals surface area contributed by atoms with E-state index in [4.69, 9.17) is 0 Å². The summed E-state index contributed by atoms with van der Waals surface area (Å²) in [5.74, 6) is -0.0580. The second kappa shape index (κ2) is 4.58. The fourth-order valence-electron chi connectivity index (χ4n) is 1.73. The summed E-state index contributed by atoms with van der Waals surface area (Å²) < 4.78 is 22.8. The maximum absolute atomic E-state index is 11.4. The second-order valence-corrected chi connectivity index (χ2v) is 6.18. The molecule has 0 saturated carbocycles. The molecule has 2 heterocycles. The number of H-pyrrole nitrogens is 1. The molecule has 2 aromatic heterocycles. The number of sulfone groups is 1. The van der Waals surface area contributed by atoms with E-state index in [1.165, 1.54) is 13.1 Å². The molecule has 0 aromatic carbocycles. The summed E-state index contributed by atoms with van der Waals surface area (Å²) in [4.78, 5) is 22.1. The van der Waals surface area contributed by atoms with Crippen molar-refractivity contribution in [1.29, 1.82) is 0 Å². The van der Waals surface area contributed by atoms with Gasteiger partial charge in [-0.2, -0.15) is 0 Å². The minimum Gasteiger partial charge on any atom is -0.357 e. The lowest BCUT2D eigenvalue weighted by Crippen LogP contribution is -2.04. The number of aromatic amines is 1. The number of rotatable bonds is 3. The van der Waals surface area contributed by atoms with E-state index < -0.39 is 9.84 Å². The zero-order valence-electron chi connectivity index (χ0n) is 10.8. The standard InChI is InChI=1S/C12H13N3O3S/c1-7-9(8(2)16)6-11(14-7)10-4-5-13-12(15-10)19(3,17)18/h4-6,14H,1-3H3. The zero-order valence-corrected chi connectivity index (χ0v) is 11.6. The van der Waals surface area contributed by atoms with Gasteiger partial charge in [0.2, 0.25) is 15.0 Å². The highest BCUT2D eigenvalue weighted by molar-refractivity contribution is 7.90. The maximum Gasteiger partial charge on any atom is 0.247 e. The normalized spacial score (nSPS) is 11.5. The Morgan fingerprint density at radius 3 is 2.58 bits per heavy atom. The first kappa shape index (κ1) is 13.4. The highest BCUT2D eigenvalue weighted by Crippen LogP contribution is 2.20. The number of nitrogens with zero attached hydrogens (tertiary/aromatic N) is 2. The van der Waals surface area contributed by atoms with E-state index >= 15 is 0 Å². The van der Waals surface area contributed by atoms with Crippen molar-refractivity contribution >= 4 is 15.6 Å². The van der Waals surface area contributed by atoms with E-state index in [9.17, 15) is 13.2 Å². The first-order valence-electron chi connectivity index (χ1n) is 5.53. The van der Waals surface area contributed by atoms with Crippen LogP contribution in [0.4, 0.5) is 0 Å². The molecule has 0 spiro atoms. The molecule has 2 rings (SSSR count). The lowest BCUT2D eigenvalue weighted by Gasteiger charge is -1.99. The largest absolute Gasteiger partial charge is 0.357 e. The van der Waals surface area contributed by atoms with E-state index in [-0.39, 0.29) is 10.9 Å². The number of ketones is 1. The average molecular weight is 279 g/mol. The first-order chi connectivity index (χ1) is 8.79. The number of Topliss-reactive ketones (excluding diaryl/α,β-unsaturated/α-hetero) is 1. The third kappa shape index (κ3) is 2.70.